The van der Waals surface area contributed by atoms with Crippen LogP contribution in [-0.2, 0) is 0 Å². The molecule has 1 fully saturated rings. The Morgan fingerprint density at radius 3 is 2.81 bits per heavy atom. The fourth-order valence-corrected chi connectivity index (χ4v) is 2.14. The van der Waals surface area contributed by atoms with Gasteiger partial charge in [-0.1, -0.05) is 11.6 Å². The molecule has 90 valence electrons. The summed E-state index contributed by atoms with van der Waals surface area (Å²) in [5, 5.41) is 13.3. The first-order valence-electron chi connectivity index (χ1n) is 5.02. The molecular formula is C11H15Cl2NO2. The first-order valence-corrected chi connectivity index (χ1v) is 5.40. The predicted octanol–water partition coefficient (Wildman–Crippen LogP) is 2.90. The molecule has 0 saturated carbocycles. The molecule has 0 aromatic heterocycles. The van der Waals surface area contributed by atoms with E-state index in [4.69, 9.17) is 16.3 Å². The van der Waals surface area contributed by atoms with Crippen molar-refractivity contribution in [2.75, 3.05) is 13.7 Å². The van der Waals surface area contributed by atoms with Crippen LogP contribution >= 0.6 is 24.0 Å². The third-order valence-electron chi connectivity index (χ3n) is 2.73. The topological polar surface area (TPSA) is 41.5 Å². The maximum absolute atomic E-state index is 9.59. The zero-order valence-electron chi connectivity index (χ0n) is 9.00. The van der Waals surface area contributed by atoms with E-state index < -0.39 is 0 Å². The quantitative estimate of drug-likeness (QED) is 0.863. The molecule has 1 heterocycles. The summed E-state index contributed by atoms with van der Waals surface area (Å²) in [6.07, 6.45) is 2.27. The van der Waals surface area contributed by atoms with Gasteiger partial charge in [-0.3, -0.25) is 0 Å². The van der Waals surface area contributed by atoms with E-state index in [2.05, 4.69) is 5.32 Å². The highest BCUT2D eigenvalue weighted by atomic mass is 35.5. The van der Waals surface area contributed by atoms with Gasteiger partial charge in [0.15, 0.2) is 11.5 Å². The van der Waals surface area contributed by atoms with Crippen LogP contribution in [0, 0.1) is 0 Å². The van der Waals surface area contributed by atoms with Gasteiger partial charge in [0.1, 0.15) is 0 Å². The lowest BCUT2D eigenvalue weighted by Crippen LogP contribution is -2.12. The van der Waals surface area contributed by atoms with E-state index in [0.717, 1.165) is 18.5 Å². The Labute approximate surface area is 106 Å². The van der Waals surface area contributed by atoms with Gasteiger partial charge in [0.25, 0.3) is 0 Å². The normalized spacial score (nSPS) is 19.2. The zero-order valence-corrected chi connectivity index (χ0v) is 10.6. The molecule has 1 aromatic rings. The molecule has 0 amide bonds. The Hall–Kier alpha value is -0.640. The first kappa shape index (κ1) is 13.4. The van der Waals surface area contributed by atoms with Crippen molar-refractivity contribution in [3.8, 4) is 11.5 Å². The number of rotatable bonds is 2. The van der Waals surface area contributed by atoms with Crippen molar-refractivity contribution < 1.29 is 9.84 Å². The molecule has 0 unspecified atom stereocenters. The van der Waals surface area contributed by atoms with Crippen LogP contribution in [0.25, 0.3) is 0 Å². The van der Waals surface area contributed by atoms with E-state index in [9.17, 15) is 5.11 Å². The third-order valence-corrected chi connectivity index (χ3v) is 3.02. The Morgan fingerprint density at radius 2 is 2.25 bits per heavy atom. The number of phenols is 1. The molecule has 0 spiro atoms. The Bertz CT molecular complexity index is 365. The van der Waals surface area contributed by atoms with Crippen molar-refractivity contribution in [2.45, 2.75) is 18.9 Å². The highest BCUT2D eigenvalue weighted by Crippen LogP contribution is 2.38. The Morgan fingerprint density at radius 1 is 1.50 bits per heavy atom. The van der Waals surface area contributed by atoms with Gasteiger partial charge in [0, 0.05) is 6.04 Å². The molecule has 5 heteroatoms. The summed E-state index contributed by atoms with van der Waals surface area (Å²) in [5.41, 5.74) is 1.08. The molecule has 1 aromatic carbocycles. The number of ether oxygens (including phenoxy) is 1. The minimum atomic E-state index is 0. The summed E-state index contributed by atoms with van der Waals surface area (Å²) >= 11 is 5.92. The third kappa shape index (κ3) is 2.54. The van der Waals surface area contributed by atoms with Crippen molar-refractivity contribution in [3.63, 3.8) is 0 Å². The van der Waals surface area contributed by atoms with Crippen LogP contribution in [0.5, 0.6) is 11.5 Å². The maximum atomic E-state index is 9.59. The number of methoxy groups -OCH3 is 1. The number of nitrogens with one attached hydrogen (secondary N) is 1. The Balaban J connectivity index is 0.00000128. The second-order valence-corrected chi connectivity index (χ2v) is 4.11. The maximum Gasteiger partial charge on any atom is 0.176 e. The van der Waals surface area contributed by atoms with E-state index >= 15 is 0 Å². The number of halogens is 2. The highest BCUT2D eigenvalue weighted by Gasteiger charge is 2.19. The van der Waals surface area contributed by atoms with Crippen LogP contribution in [0.15, 0.2) is 12.1 Å². The molecule has 2 rings (SSSR count). The van der Waals surface area contributed by atoms with Crippen LogP contribution in [0.3, 0.4) is 0 Å². The van der Waals surface area contributed by atoms with Crippen LogP contribution in [-0.4, -0.2) is 18.8 Å². The fourth-order valence-electron chi connectivity index (χ4n) is 1.92. The average Bonchev–Trinajstić information content (AvgIpc) is 2.75. The largest absolute Gasteiger partial charge is 0.503 e. The van der Waals surface area contributed by atoms with Crippen molar-refractivity contribution in [2.24, 2.45) is 0 Å². The minimum Gasteiger partial charge on any atom is -0.503 e. The van der Waals surface area contributed by atoms with Crippen LogP contribution < -0.4 is 10.1 Å². The van der Waals surface area contributed by atoms with Crippen LogP contribution in [0.4, 0.5) is 0 Å². The summed E-state index contributed by atoms with van der Waals surface area (Å²) < 4.78 is 5.06. The zero-order chi connectivity index (χ0) is 10.8. The van der Waals surface area contributed by atoms with Gasteiger partial charge in [-0.05, 0) is 37.1 Å². The monoisotopic (exact) mass is 263 g/mol. The summed E-state index contributed by atoms with van der Waals surface area (Å²) in [7, 11) is 1.53. The van der Waals surface area contributed by atoms with E-state index in [1.54, 1.807) is 6.07 Å². The molecule has 0 aliphatic carbocycles. The van der Waals surface area contributed by atoms with Crippen molar-refractivity contribution in [1.29, 1.82) is 0 Å². The van der Waals surface area contributed by atoms with Crippen molar-refractivity contribution in [3.05, 3.63) is 22.7 Å². The average molecular weight is 264 g/mol. The first-order chi connectivity index (χ1) is 7.22. The lowest BCUT2D eigenvalue weighted by Gasteiger charge is -2.13. The number of aromatic hydroxyl groups is 1. The molecule has 3 nitrogen and oxygen atoms in total. The second kappa shape index (κ2) is 5.62. The second-order valence-electron chi connectivity index (χ2n) is 3.70. The Kier molecular flexibility index (Phi) is 4.71. The van der Waals surface area contributed by atoms with Crippen LogP contribution in [0.2, 0.25) is 5.02 Å². The molecule has 16 heavy (non-hydrogen) atoms. The summed E-state index contributed by atoms with van der Waals surface area (Å²) in [6.45, 7) is 1.03. The molecule has 1 aliphatic rings. The molecule has 1 saturated heterocycles. The minimum absolute atomic E-state index is 0. The molecule has 1 atom stereocenters. The van der Waals surface area contributed by atoms with Gasteiger partial charge >= 0.3 is 0 Å². The van der Waals surface area contributed by atoms with E-state index in [1.807, 2.05) is 6.07 Å². The van der Waals surface area contributed by atoms with Crippen molar-refractivity contribution >= 4 is 24.0 Å². The van der Waals surface area contributed by atoms with Crippen LogP contribution in [0.1, 0.15) is 24.4 Å². The SMILES string of the molecule is COc1cc([C@@H]2CCCN2)cc(Cl)c1O.Cl. The van der Waals surface area contributed by atoms with E-state index in [0.29, 0.717) is 16.8 Å². The summed E-state index contributed by atoms with van der Waals surface area (Å²) in [4.78, 5) is 0. The van der Waals surface area contributed by atoms with E-state index in [1.165, 1.54) is 13.5 Å². The lowest BCUT2D eigenvalue weighted by atomic mass is 10.0. The highest BCUT2D eigenvalue weighted by molar-refractivity contribution is 6.32. The van der Waals surface area contributed by atoms with Gasteiger partial charge in [-0.15, -0.1) is 12.4 Å². The predicted molar refractivity (Wildman–Crippen MR) is 66.9 cm³/mol. The molecule has 1 aliphatic heterocycles. The number of phenolic OH excluding ortho intramolecular Hbond substituents is 1. The standard InChI is InChI=1S/C11H14ClNO2.ClH/c1-15-10-6-7(5-8(12)11(10)14)9-3-2-4-13-9;/h5-6,9,13-14H,2-4H2,1H3;1H/t9-;/m0./s1. The van der Waals surface area contributed by atoms with Crippen molar-refractivity contribution in [1.82, 2.24) is 5.32 Å². The summed E-state index contributed by atoms with van der Waals surface area (Å²) in [6, 6.07) is 3.96. The van der Waals surface area contributed by atoms with Gasteiger partial charge in [0.05, 0.1) is 12.1 Å². The number of benzene rings is 1. The van der Waals surface area contributed by atoms with Gasteiger partial charge in [-0.25, -0.2) is 0 Å². The fraction of sp³-hybridized carbons (Fsp3) is 0.455. The molecule has 0 bridgehead atoms. The lowest BCUT2D eigenvalue weighted by molar-refractivity contribution is 0.372. The molecule has 0 radical (unpaired) electrons. The molecule has 2 N–H and O–H groups in total. The number of hydrogen-bond acceptors (Lipinski definition) is 3. The van der Waals surface area contributed by atoms with E-state index in [-0.39, 0.29) is 18.2 Å². The van der Waals surface area contributed by atoms with Gasteiger partial charge in [-0.2, -0.15) is 0 Å². The van der Waals surface area contributed by atoms with Gasteiger partial charge in [0.2, 0.25) is 0 Å². The smallest absolute Gasteiger partial charge is 0.176 e. The summed E-state index contributed by atoms with van der Waals surface area (Å²) in [5.74, 6) is 0.451. The van der Waals surface area contributed by atoms with Gasteiger partial charge < -0.3 is 15.2 Å². The number of hydrogen-bond donors (Lipinski definition) is 2. The molecular weight excluding hydrogens is 249 g/mol.